The Morgan fingerprint density at radius 3 is 2.11 bits per heavy atom. The fraction of sp³-hybridized carbons (Fsp3) is 0.286. The number of rotatable bonds is 3. The van der Waals surface area contributed by atoms with Gasteiger partial charge in [-0.25, -0.2) is 8.42 Å². The van der Waals surface area contributed by atoms with Crippen molar-refractivity contribution < 1.29 is 64.4 Å². The van der Waals surface area contributed by atoms with Gasteiger partial charge in [0, 0.05) is 0 Å². The minimum absolute atomic E-state index is 0. The summed E-state index contributed by atoms with van der Waals surface area (Å²) < 4.78 is 33.9. The van der Waals surface area contributed by atoms with Crippen LogP contribution in [0.3, 0.4) is 0 Å². The van der Waals surface area contributed by atoms with Gasteiger partial charge in [-0.1, -0.05) is 38.1 Å². The van der Waals surface area contributed by atoms with Crippen LogP contribution in [0.5, 0.6) is 0 Å². The topological polar surface area (TPSA) is 57.2 Å². The van der Waals surface area contributed by atoms with Crippen molar-refractivity contribution >= 4 is 20.9 Å². The van der Waals surface area contributed by atoms with Gasteiger partial charge in [-0.3, -0.25) is 0 Å². The van der Waals surface area contributed by atoms with E-state index in [-0.39, 0.29) is 56.3 Å². The van der Waals surface area contributed by atoms with Crippen molar-refractivity contribution in [2.24, 2.45) is 0 Å². The van der Waals surface area contributed by atoms with Gasteiger partial charge >= 0.3 is 51.4 Å². The van der Waals surface area contributed by atoms with Crippen LogP contribution >= 0.6 is 0 Å². The molecule has 3 nitrogen and oxygen atoms in total. The molecular formula is C14H15KO3S. The van der Waals surface area contributed by atoms with Gasteiger partial charge < -0.3 is 4.55 Å². The van der Waals surface area contributed by atoms with Crippen LogP contribution in [0.1, 0.15) is 25.0 Å². The van der Waals surface area contributed by atoms with Crippen LogP contribution in [-0.2, 0) is 23.0 Å². The minimum Gasteiger partial charge on any atom is -0.744 e. The number of hydrogen-bond donors (Lipinski definition) is 0. The molecule has 5 heteroatoms. The molecule has 96 valence electrons. The first kappa shape index (κ1) is 17.3. The predicted molar refractivity (Wildman–Crippen MR) is 70.7 cm³/mol. The summed E-state index contributed by atoms with van der Waals surface area (Å²) in [5.41, 5.74) is 2.16. The number of aryl methyl sites for hydroxylation is 2. The van der Waals surface area contributed by atoms with Crippen LogP contribution in [0.15, 0.2) is 35.2 Å². The zero-order valence-electron chi connectivity index (χ0n) is 11.4. The Labute approximate surface area is 156 Å². The summed E-state index contributed by atoms with van der Waals surface area (Å²) in [5, 5.41) is 1.46. The number of hydrogen-bond acceptors (Lipinski definition) is 3. The molecule has 2 rings (SSSR count). The summed E-state index contributed by atoms with van der Waals surface area (Å²) in [5.74, 6) is 0. The van der Waals surface area contributed by atoms with E-state index in [0.29, 0.717) is 5.39 Å². The number of benzene rings is 2. The van der Waals surface area contributed by atoms with E-state index in [1.54, 1.807) is 18.2 Å². The second-order valence-electron chi connectivity index (χ2n) is 4.22. The third-order valence-electron chi connectivity index (χ3n) is 3.20. The van der Waals surface area contributed by atoms with Crippen LogP contribution < -0.4 is 51.4 Å². The summed E-state index contributed by atoms with van der Waals surface area (Å²) in [4.78, 5) is -0.120. The quantitative estimate of drug-likeness (QED) is 0.586. The molecule has 0 bridgehead atoms. The monoisotopic (exact) mass is 302 g/mol. The van der Waals surface area contributed by atoms with Gasteiger partial charge in [0.2, 0.25) is 0 Å². The van der Waals surface area contributed by atoms with Crippen LogP contribution in [0.2, 0.25) is 0 Å². The van der Waals surface area contributed by atoms with Gasteiger partial charge in [0.1, 0.15) is 10.1 Å². The Bertz CT molecular complexity index is 683. The molecule has 0 aliphatic heterocycles. The maximum absolute atomic E-state index is 11.3. The molecular weight excluding hydrogens is 287 g/mol. The molecule has 0 aliphatic rings. The molecule has 2 aromatic rings. The normalized spacial score (nSPS) is 11.3. The molecule has 0 heterocycles. The standard InChI is InChI=1S/C14H16O3S.K/c1-3-10-6-5-7-12-13(18(15,16)17)9-8-11(4-2)14(10)12;/h5-9H,3-4H2,1-2H3,(H,15,16,17);/q;+1/p-1. The molecule has 0 spiro atoms. The zero-order valence-corrected chi connectivity index (χ0v) is 15.4. The molecule has 2 aromatic carbocycles. The molecule has 0 saturated heterocycles. The van der Waals surface area contributed by atoms with Crippen molar-refractivity contribution in [3.63, 3.8) is 0 Å². The molecule has 0 amide bonds. The van der Waals surface area contributed by atoms with Gasteiger partial charge in [-0.05, 0) is 40.8 Å². The van der Waals surface area contributed by atoms with Crippen LogP contribution in [0.4, 0.5) is 0 Å². The van der Waals surface area contributed by atoms with Gasteiger partial charge in [0.05, 0.1) is 4.90 Å². The summed E-state index contributed by atoms with van der Waals surface area (Å²) in [7, 11) is -4.43. The molecule has 0 fully saturated rings. The molecule has 0 aromatic heterocycles. The maximum atomic E-state index is 11.3. The van der Waals surface area contributed by atoms with E-state index in [1.165, 1.54) is 6.07 Å². The van der Waals surface area contributed by atoms with Crippen molar-refractivity contribution in [1.82, 2.24) is 0 Å². The van der Waals surface area contributed by atoms with E-state index in [1.807, 2.05) is 19.9 Å². The summed E-state index contributed by atoms with van der Waals surface area (Å²) in [6, 6.07) is 8.64. The number of fused-ring (bicyclic) bond motifs is 1. The van der Waals surface area contributed by atoms with E-state index in [9.17, 15) is 13.0 Å². The Hall–Kier alpha value is 0.246. The van der Waals surface area contributed by atoms with E-state index < -0.39 is 10.1 Å². The molecule has 0 aliphatic carbocycles. The SMILES string of the molecule is CCc1cccc2c(S(=O)(=O)[O-])ccc(CC)c12.[K+]. The van der Waals surface area contributed by atoms with E-state index >= 15 is 0 Å². The van der Waals surface area contributed by atoms with Crippen LogP contribution in [-0.4, -0.2) is 13.0 Å². The molecule has 0 radical (unpaired) electrons. The third kappa shape index (κ3) is 3.47. The first-order valence-electron chi connectivity index (χ1n) is 5.98. The van der Waals surface area contributed by atoms with Crippen LogP contribution in [0, 0.1) is 0 Å². The smallest absolute Gasteiger partial charge is 0.744 e. The van der Waals surface area contributed by atoms with Crippen molar-refractivity contribution in [3.05, 3.63) is 41.5 Å². The fourth-order valence-electron chi connectivity index (χ4n) is 2.34. The van der Waals surface area contributed by atoms with Gasteiger partial charge in [0.25, 0.3) is 0 Å². The second-order valence-corrected chi connectivity index (χ2v) is 5.57. The van der Waals surface area contributed by atoms with E-state index in [4.69, 9.17) is 0 Å². The second kappa shape index (κ2) is 6.80. The van der Waals surface area contributed by atoms with Crippen molar-refractivity contribution in [2.75, 3.05) is 0 Å². The van der Waals surface area contributed by atoms with E-state index in [2.05, 4.69) is 0 Å². The van der Waals surface area contributed by atoms with Gasteiger partial charge in [0.15, 0.2) is 0 Å². The largest absolute Gasteiger partial charge is 1.00 e. The van der Waals surface area contributed by atoms with Crippen molar-refractivity contribution in [1.29, 1.82) is 0 Å². The van der Waals surface area contributed by atoms with Crippen molar-refractivity contribution in [2.45, 2.75) is 31.6 Å². The predicted octanol–water partition coefficient (Wildman–Crippen LogP) is -0.127. The third-order valence-corrected chi connectivity index (χ3v) is 4.10. The Morgan fingerprint density at radius 2 is 1.58 bits per heavy atom. The average molecular weight is 302 g/mol. The van der Waals surface area contributed by atoms with Gasteiger partial charge in [-0.2, -0.15) is 0 Å². The van der Waals surface area contributed by atoms with Crippen LogP contribution in [0.25, 0.3) is 10.8 Å². The Kier molecular flexibility index (Phi) is 6.19. The Morgan fingerprint density at radius 1 is 1.00 bits per heavy atom. The Balaban J connectivity index is 0.00000180. The zero-order chi connectivity index (χ0) is 13.3. The molecule has 0 N–H and O–H groups in total. The molecule has 0 atom stereocenters. The summed E-state index contributed by atoms with van der Waals surface area (Å²) >= 11 is 0. The molecule has 0 unspecified atom stereocenters. The molecule has 0 saturated carbocycles. The van der Waals surface area contributed by atoms with E-state index in [0.717, 1.165) is 29.4 Å². The maximum Gasteiger partial charge on any atom is 1.00 e. The fourth-order valence-corrected chi connectivity index (χ4v) is 3.02. The molecule has 19 heavy (non-hydrogen) atoms. The summed E-state index contributed by atoms with van der Waals surface area (Å²) in [6.07, 6.45) is 1.62. The van der Waals surface area contributed by atoms with Crippen molar-refractivity contribution in [3.8, 4) is 0 Å². The minimum atomic E-state index is -4.43. The first-order chi connectivity index (χ1) is 8.49. The van der Waals surface area contributed by atoms with Gasteiger partial charge in [-0.15, -0.1) is 0 Å². The summed E-state index contributed by atoms with van der Waals surface area (Å²) in [6.45, 7) is 4.04. The first-order valence-corrected chi connectivity index (χ1v) is 7.39. The average Bonchev–Trinajstić information content (AvgIpc) is 2.35.